The summed E-state index contributed by atoms with van der Waals surface area (Å²) in [7, 11) is -4.24. The fourth-order valence-corrected chi connectivity index (χ4v) is 5.86. The molecule has 0 bridgehead atoms. The van der Waals surface area contributed by atoms with Crippen molar-refractivity contribution in [2.75, 3.05) is 17.5 Å². The average molecular weight is 664 g/mol. The van der Waals surface area contributed by atoms with E-state index in [9.17, 15) is 49.1 Å². The Morgan fingerprint density at radius 1 is 1.04 bits per heavy atom. The van der Waals surface area contributed by atoms with E-state index < -0.39 is 39.4 Å². The van der Waals surface area contributed by atoms with E-state index in [1.807, 2.05) is 6.07 Å². The van der Waals surface area contributed by atoms with Crippen LogP contribution in [0.1, 0.15) is 36.1 Å². The number of nitrogens with one attached hydrogen (secondary N) is 1. The van der Waals surface area contributed by atoms with Crippen LogP contribution < -0.4 is 9.62 Å². The van der Waals surface area contributed by atoms with Gasteiger partial charge in [-0.2, -0.15) is 26.3 Å². The van der Waals surface area contributed by atoms with Gasteiger partial charge in [0.1, 0.15) is 5.82 Å². The molecule has 1 aromatic heterocycles. The molecule has 1 unspecified atom stereocenters. The Hall–Kier alpha value is -4.20. The molecule has 2 heterocycles. The maximum Gasteiger partial charge on any atom is 0.430 e. The number of carbonyl (C=O) groups excluding carboxylic acids is 1. The van der Waals surface area contributed by atoms with Crippen molar-refractivity contribution < 1.29 is 54.2 Å². The maximum absolute atomic E-state index is 13.1. The number of sulfonamides is 1. The normalized spacial score (nSPS) is 14.1. The minimum absolute atomic E-state index is 0.00437. The largest absolute Gasteiger partial charge is 0.430 e. The van der Waals surface area contributed by atoms with Crippen molar-refractivity contribution >= 4 is 21.6 Å². The van der Waals surface area contributed by atoms with Gasteiger partial charge in [0.05, 0.1) is 23.2 Å². The first-order valence-electron chi connectivity index (χ1n) is 12.8. The topological polar surface area (TPSA) is 120 Å². The number of aryl methyl sites for hydroxylation is 1. The third-order valence-corrected chi connectivity index (χ3v) is 8.27. The van der Waals surface area contributed by atoms with Crippen LogP contribution in [0, 0.1) is 18.7 Å². The second-order valence-corrected chi connectivity index (χ2v) is 11.3. The maximum atomic E-state index is 13.1. The molecule has 2 aromatic carbocycles. The first-order chi connectivity index (χ1) is 20.9. The van der Waals surface area contributed by atoms with Crippen molar-refractivity contribution in [1.29, 1.82) is 0 Å². The second kappa shape index (κ2) is 14.7. The number of fused-ring (bicyclic) bond motifs is 1. The van der Waals surface area contributed by atoms with Gasteiger partial charge in [-0.3, -0.25) is 14.1 Å². The number of amides is 1. The number of benzene rings is 2. The highest BCUT2D eigenvalue weighted by Crippen LogP contribution is 2.51. The summed E-state index contributed by atoms with van der Waals surface area (Å²) < 4.78 is 118. The van der Waals surface area contributed by atoms with E-state index in [4.69, 9.17) is 5.11 Å². The van der Waals surface area contributed by atoms with Crippen molar-refractivity contribution in [3.05, 3.63) is 89.5 Å². The van der Waals surface area contributed by atoms with Gasteiger partial charge < -0.3 is 15.5 Å². The fraction of sp³-hybridized carbons (Fsp3) is 0.310. The van der Waals surface area contributed by atoms with Crippen molar-refractivity contribution in [2.45, 2.75) is 48.7 Å². The van der Waals surface area contributed by atoms with E-state index in [0.29, 0.717) is 12.1 Å². The number of nitrogens with zero attached hydrogens (tertiary/aromatic N) is 2. The van der Waals surface area contributed by atoms with Gasteiger partial charge in [-0.05, 0) is 60.4 Å². The van der Waals surface area contributed by atoms with Crippen molar-refractivity contribution in [1.82, 2.24) is 10.3 Å². The molecule has 3 aromatic rings. The van der Waals surface area contributed by atoms with Crippen LogP contribution in [0.4, 0.5) is 36.4 Å². The highest BCUT2D eigenvalue weighted by Gasteiger charge is 2.71. The zero-order chi connectivity index (χ0) is 34.2. The first-order valence-corrected chi connectivity index (χ1v) is 14.3. The van der Waals surface area contributed by atoms with Gasteiger partial charge in [-0.1, -0.05) is 18.2 Å². The third kappa shape index (κ3) is 8.29. The Morgan fingerprint density at radius 3 is 2.13 bits per heavy atom. The molecule has 1 aliphatic rings. The summed E-state index contributed by atoms with van der Waals surface area (Å²) in [5.74, 6) is -0.848. The summed E-state index contributed by atoms with van der Waals surface area (Å²) in [5.41, 5.74) is -5.97. The molecule has 0 spiro atoms. The highest BCUT2D eigenvalue weighted by atomic mass is 32.2. The summed E-state index contributed by atoms with van der Waals surface area (Å²) >= 11 is 0. The molecule has 1 aliphatic heterocycles. The third-order valence-electron chi connectivity index (χ3n) is 6.44. The van der Waals surface area contributed by atoms with Crippen LogP contribution in [0.3, 0.4) is 0 Å². The van der Waals surface area contributed by atoms with Crippen LogP contribution >= 0.6 is 0 Å². The predicted molar refractivity (Wildman–Crippen MR) is 149 cm³/mol. The van der Waals surface area contributed by atoms with Crippen molar-refractivity contribution in [2.24, 2.45) is 0 Å². The predicted octanol–water partition coefficient (Wildman–Crippen LogP) is 4.78. The lowest BCUT2D eigenvalue weighted by Crippen LogP contribution is -2.54. The quantitative estimate of drug-likeness (QED) is 0.258. The Bertz CT molecular complexity index is 1550. The summed E-state index contributed by atoms with van der Waals surface area (Å²) in [6.45, 7) is 1.22. The van der Waals surface area contributed by atoms with E-state index in [2.05, 4.69) is 23.1 Å². The van der Waals surface area contributed by atoms with Gasteiger partial charge in [0.25, 0.3) is 15.6 Å². The number of rotatable bonds is 6. The fourth-order valence-electron chi connectivity index (χ4n) is 4.32. The van der Waals surface area contributed by atoms with Crippen LogP contribution in [0.5, 0.6) is 0 Å². The van der Waals surface area contributed by atoms with E-state index in [1.165, 1.54) is 6.92 Å². The number of terminal acetylenes is 1. The molecule has 244 valence electrons. The lowest BCUT2D eigenvalue weighted by atomic mass is 9.89. The Kier molecular flexibility index (Phi) is 12.1. The van der Waals surface area contributed by atoms with Crippen LogP contribution in [0.2, 0.25) is 0 Å². The number of hydrogen-bond acceptors (Lipinski definition) is 6. The molecule has 8 nitrogen and oxygen atoms in total. The Labute approximate surface area is 254 Å². The van der Waals surface area contributed by atoms with Crippen molar-refractivity contribution in [3.63, 3.8) is 0 Å². The summed E-state index contributed by atoms with van der Waals surface area (Å²) in [5, 5.41) is 21.2. The molecular formula is C29H28F7N3O5S. The van der Waals surface area contributed by atoms with Crippen LogP contribution in [0.15, 0.2) is 71.9 Å². The number of anilines is 1. The number of carbonyl (C=O) groups is 1. The minimum atomic E-state index is -6.05. The molecular weight excluding hydrogens is 635 g/mol. The molecule has 0 saturated carbocycles. The standard InChI is InChI=1S/C18H14F7NO3S.C9H12N2O2.C2H2/c19-13-4-6-14(7-5-13)30(28,29)26-9-1-2-11-10-12(3-8-15(11)26)16(27,17(20,21)22)18(23,24)25;1-7(13)11-9(6-12)8-3-2-4-10-5-8;1-2/h3-8,10,27H,1-2,9H2;2-5,9,12H,6H2,1H3,(H,11,13);1-2H. The van der Waals surface area contributed by atoms with E-state index in [-0.39, 0.29) is 54.1 Å². The number of aliphatic hydroxyl groups excluding tert-OH is 1. The van der Waals surface area contributed by atoms with Gasteiger partial charge in [0.2, 0.25) is 5.91 Å². The SMILES string of the molecule is C#C.CC(=O)NC(CO)c1cccnc1.O=S(=O)(c1ccc(F)cc1)N1CCCc2cc(C(O)(C(F)(F)F)C(F)(F)F)ccc21. The Balaban J connectivity index is 0.000000393. The van der Waals surface area contributed by atoms with Crippen LogP contribution in [-0.2, 0) is 26.8 Å². The lowest BCUT2D eigenvalue weighted by molar-refractivity contribution is -0.376. The average Bonchev–Trinajstić information content (AvgIpc) is 2.99. The molecule has 4 rings (SSSR count). The smallest absolute Gasteiger partial charge is 0.394 e. The molecule has 0 saturated heterocycles. The van der Waals surface area contributed by atoms with Gasteiger partial charge in [0.15, 0.2) is 0 Å². The minimum Gasteiger partial charge on any atom is -0.394 e. The van der Waals surface area contributed by atoms with Crippen LogP contribution in [-0.4, -0.2) is 55.0 Å². The summed E-state index contributed by atoms with van der Waals surface area (Å²) in [4.78, 5) is 14.4. The van der Waals surface area contributed by atoms with Gasteiger partial charge in [-0.25, -0.2) is 12.8 Å². The number of pyridine rings is 1. The molecule has 1 atom stereocenters. The monoisotopic (exact) mass is 663 g/mol. The van der Waals surface area contributed by atoms with Gasteiger partial charge in [-0.15, -0.1) is 12.8 Å². The lowest BCUT2D eigenvalue weighted by Gasteiger charge is -2.35. The zero-order valence-corrected chi connectivity index (χ0v) is 24.3. The van der Waals surface area contributed by atoms with Gasteiger partial charge in [0, 0.05) is 31.4 Å². The molecule has 0 aliphatic carbocycles. The number of aromatic nitrogens is 1. The summed E-state index contributed by atoms with van der Waals surface area (Å²) in [6.07, 6.45) is -0.706. The highest BCUT2D eigenvalue weighted by molar-refractivity contribution is 7.92. The second-order valence-electron chi connectivity index (χ2n) is 9.41. The molecule has 0 fully saturated rings. The molecule has 16 heteroatoms. The Morgan fingerprint density at radius 2 is 1.64 bits per heavy atom. The number of aliphatic hydroxyl groups is 2. The van der Waals surface area contributed by atoms with E-state index in [0.717, 1.165) is 40.2 Å². The first kappa shape index (κ1) is 37.0. The summed E-state index contributed by atoms with van der Waals surface area (Å²) in [6, 6.07) is 8.75. The molecule has 1 amide bonds. The van der Waals surface area contributed by atoms with Crippen molar-refractivity contribution in [3.8, 4) is 12.8 Å². The molecule has 45 heavy (non-hydrogen) atoms. The molecule has 0 radical (unpaired) electrons. The molecule has 3 N–H and O–H groups in total. The van der Waals surface area contributed by atoms with Crippen LogP contribution in [0.25, 0.3) is 0 Å². The van der Waals surface area contributed by atoms with Gasteiger partial charge >= 0.3 is 12.4 Å². The zero-order valence-electron chi connectivity index (χ0n) is 23.5. The number of hydrogen-bond donors (Lipinski definition) is 3. The van der Waals surface area contributed by atoms with E-state index in [1.54, 1.807) is 18.5 Å². The number of halogens is 7. The van der Waals surface area contributed by atoms with E-state index >= 15 is 0 Å². The number of alkyl halides is 6.